The van der Waals surface area contributed by atoms with Crippen molar-refractivity contribution in [1.29, 1.82) is 0 Å². The van der Waals surface area contributed by atoms with Crippen LogP contribution in [-0.4, -0.2) is 47.7 Å². The summed E-state index contributed by atoms with van der Waals surface area (Å²) in [5.41, 5.74) is 3.36. The number of aryl methyl sites for hydroxylation is 1. The molecule has 1 amide bonds. The highest BCUT2D eigenvalue weighted by molar-refractivity contribution is 7.90. The van der Waals surface area contributed by atoms with Gasteiger partial charge in [-0.25, -0.2) is 13.1 Å². The number of anilines is 1. The standard InChI is InChI=1S/C34H45ClN2O6S/c1-22-8-7-10-31(42-4)29-14-12-25(29)19-37-15-6-5-9-24-16-28(35)13-11-26(24)21-43-32-17-27(20-41-3)33(18-30(32)37)44(39,40)36-34(38)23(22)2/h7,10-11,13,16-18,22-23,25,29,31H,5-6,8-9,12,14-15,19-21H2,1-4H3,(H,36,38)/b10-7+/t22-,23+,25-,29+,31-/m0/s1. The number of rotatable bonds is 3. The molecule has 1 saturated carbocycles. The summed E-state index contributed by atoms with van der Waals surface area (Å²) in [5.74, 6) is 0.221. The molecule has 3 aliphatic rings. The zero-order chi connectivity index (χ0) is 31.4. The first-order valence-corrected chi connectivity index (χ1v) is 17.5. The zero-order valence-electron chi connectivity index (χ0n) is 26.2. The third-order valence-corrected chi connectivity index (χ3v) is 11.4. The molecular weight excluding hydrogens is 600 g/mol. The van der Waals surface area contributed by atoms with Gasteiger partial charge in [-0.2, -0.15) is 0 Å². The van der Waals surface area contributed by atoms with E-state index in [9.17, 15) is 13.2 Å². The number of nitrogens with one attached hydrogen (secondary N) is 1. The third kappa shape index (κ3) is 7.27. The Morgan fingerprint density at radius 3 is 2.64 bits per heavy atom. The molecule has 5 rings (SSSR count). The van der Waals surface area contributed by atoms with Crippen molar-refractivity contribution in [2.45, 2.75) is 76.6 Å². The number of ether oxygens (including phenoxy) is 3. The average Bonchev–Trinajstić information content (AvgIpc) is 3.00. The van der Waals surface area contributed by atoms with Gasteiger partial charge in [-0.05, 0) is 91.7 Å². The van der Waals surface area contributed by atoms with Crippen molar-refractivity contribution in [2.24, 2.45) is 23.7 Å². The fraction of sp³-hybridized carbons (Fsp3) is 0.559. The van der Waals surface area contributed by atoms with Gasteiger partial charge in [-0.15, -0.1) is 0 Å². The van der Waals surface area contributed by atoms with E-state index in [0.717, 1.165) is 56.3 Å². The molecule has 10 heteroatoms. The summed E-state index contributed by atoms with van der Waals surface area (Å²) in [4.78, 5) is 15.6. The van der Waals surface area contributed by atoms with Crippen LogP contribution in [-0.2, 0) is 43.9 Å². The molecule has 8 nitrogen and oxygen atoms in total. The Morgan fingerprint density at radius 1 is 1.09 bits per heavy atom. The van der Waals surface area contributed by atoms with Crippen molar-refractivity contribution < 1.29 is 27.4 Å². The SMILES string of the molecule is COCc1cc2c3cc1S(=O)(=O)NC(=O)[C@H](C)[C@@H](C)C/C=C/[C@H](OC)[C@@H]1CC[C@H]1CN3CCCCc1cc(Cl)ccc1CO2. The first-order valence-electron chi connectivity index (χ1n) is 15.7. The van der Waals surface area contributed by atoms with Gasteiger partial charge in [0, 0.05) is 43.8 Å². The van der Waals surface area contributed by atoms with Crippen molar-refractivity contribution in [3.05, 3.63) is 64.2 Å². The van der Waals surface area contributed by atoms with Crippen molar-refractivity contribution in [2.75, 3.05) is 32.2 Å². The first kappa shape index (κ1) is 32.8. The Kier molecular flexibility index (Phi) is 10.6. The van der Waals surface area contributed by atoms with Gasteiger partial charge in [0.1, 0.15) is 12.4 Å². The summed E-state index contributed by atoms with van der Waals surface area (Å²) in [6.07, 6.45) is 9.73. The van der Waals surface area contributed by atoms with Crippen molar-refractivity contribution in [1.82, 2.24) is 4.72 Å². The molecular formula is C34H45ClN2O6S. The molecule has 2 aliphatic heterocycles. The minimum absolute atomic E-state index is 0.0168. The van der Waals surface area contributed by atoms with Gasteiger partial charge in [-0.1, -0.05) is 43.7 Å². The lowest BCUT2D eigenvalue weighted by atomic mass is 9.70. The maximum atomic E-state index is 13.9. The number of carbonyl (C=O) groups excluding carboxylic acids is 1. The fourth-order valence-electron chi connectivity index (χ4n) is 6.63. The van der Waals surface area contributed by atoms with E-state index in [4.69, 9.17) is 25.8 Å². The number of benzene rings is 2. The Labute approximate surface area is 267 Å². The quantitative estimate of drug-likeness (QED) is 0.393. The molecule has 44 heavy (non-hydrogen) atoms. The second kappa shape index (κ2) is 14.2. The minimum Gasteiger partial charge on any atom is -0.487 e. The molecule has 5 atom stereocenters. The molecule has 0 saturated heterocycles. The predicted octanol–water partition coefficient (Wildman–Crippen LogP) is 6.29. The van der Waals surface area contributed by atoms with E-state index in [0.29, 0.717) is 46.9 Å². The summed E-state index contributed by atoms with van der Waals surface area (Å²) in [6, 6.07) is 9.34. The minimum atomic E-state index is -4.20. The van der Waals surface area contributed by atoms with Crippen LogP contribution in [0.15, 0.2) is 47.4 Å². The molecule has 0 aromatic heterocycles. The molecule has 240 valence electrons. The number of nitrogens with zero attached hydrogens (tertiary/aromatic N) is 1. The van der Waals surface area contributed by atoms with Crippen molar-refractivity contribution >= 4 is 33.2 Å². The summed E-state index contributed by atoms with van der Waals surface area (Å²) < 4.78 is 48.1. The van der Waals surface area contributed by atoms with Crippen LogP contribution in [0.5, 0.6) is 5.75 Å². The Bertz CT molecular complexity index is 1480. The number of carbonyl (C=O) groups is 1. The highest BCUT2D eigenvalue weighted by atomic mass is 35.5. The molecule has 2 aromatic carbocycles. The maximum Gasteiger partial charge on any atom is 0.264 e. The second-order valence-corrected chi connectivity index (χ2v) is 14.7. The van der Waals surface area contributed by atoms with Crippen molar-refractivity contribution in [3.63, 3.8) is 0 Å². The Hall–Kier alpha value is -2.59. The van der Waals surface area contributed by atoms with E-state index in [1.807, 2.05) is 25.1 Å². The number of halogens is 1. The normalized spacial score (nSPS) is 28.2. The maximum absolute atomic E-state index is 13.9. The summed E-state index contributed by atoms with van der Waals surface area (Å²) in [5, 5.41) is 0.699. The summed E-state index contributed by atoms with van der Waals surface area (Å²) >= 11 is 6.35. The number of amides is 1. The van der Waals surface area contributed by atoms with Crippen LogP contribution in [0.25, 0.3) is 0 Å². The van der Waals surface area contributed by atoms with Gasteiger partial charge in [0.05, 0.1) is 23.3 Å². The van der Waals surface area contributed by atoms with E-state index in [1.54, 1.807) is 26.2 Å². The Balaban J connectivity index is 1.63. The smallest absolute Gasteiger partial charge is 0.264 e. The highest BCUT2D eigenvalue weighted by Crippen LogP contribution is 2.42. The van der Waals surface area contributed by atoms with Crippen LogP contribution in [0, 0.1) is 23.7 Å². The van der Waals surface area contributed by atoms with E-state index in [2.05, 4.69) is 21.8 Å². The van der Waals surface area contributed by atoms with Gasteiger partial charge >= 0.3 is 0 Å². The Morgan fingerprint density at radius 2 is 1.91 bits per heavy atom. The van der Waals surface area contributed by atoms with Gasteiger partial charge in [0.2, 0.25) is 5.91 Å². The molecule has 1 aliphatic carbocycles. The lowest BCUT2D eigenvalue weighted by Gasteiger charge is -2.43. The molecule has 0 radical (unpaired) electrons. The zero-order valence-corrected chi connectivity index (χ0v) is 27.8. The number of fused-ring (bicyclic) bond motifs is 3. The molecule has 0 spiro atoms. The number of sulfonamides is 1. The lowest BCUT2D eigenvalue weighted by molar-refractivity contribution is -0.124. The van der Waals surface area contributed by atoms with Crippen LogP contribution >= 0.6 is 11.6 Å². The number of hydrogen-bond donors (Lipinski definition) is 1. The van der Waals surface area contributed by atoms with Gasteiger partial charge < -0.3 is 19.1 Å². The number of hydrogen-bond acceptors (Lipinski definition) is 7. The van der Waals surface area contributed by atoms with Gasteiger partial charge in [-0.3, -0.25) is 4.79 Å². The largest absolute Gasteiger partial charge is 0.487 e. The third-order valence-electron chi connectivity index (χ3n) is 9.71. The highest BCUT2D eigenvalue weighted by Gasteiger charge is 2.38. The van der Waals surface area contributed by atoms with Crippen LogP contribution in [0.4, 0.5) is 5.69 Å². The first-order chi connectivity index (χ1) is 21.1. The number of methoxy groups -OCH3 is 2. The topological polar surface area (TPSA) is 94.2 Å². The van der Waals surface area contributed by atoms with E-state index in [1.165, 1.54) is 7.11 Å². The van der Waals surface area contributed by atoms with E-state index in [-0.39, 0.29) is 23.5 Å². The van der Waals surface area contributed by atoms with Crippen molar-refractivity contribution in [3.8, 4) is 5.75 Å². The fourth-order valence-corrected chi connectivity index (χ4v) is 8.11. The molecule has 1 N–H and O–H groups in total. The monoisotopic (exact) mass is 644 g/mol. The molecule has 1 fully saturated rings. The number of allylic oxidation sites excluding steroid dienone is 1. The van der Waals surface area contributed by atoms with Crippen LogP contribution in [0.1, 0.15) is 62.6 Å². The van der Waals surface area contributed by atoms with Gasteiger partial charge in [0.25, 0.3) is 10.0 Å². The van der Waals surface area contributed by atoms with Gasteiger partial charge in [0.15, 0.2) is 0 Å². The van der Waals surface area contributed by atoms with E-state index >= 15 is 0 Å². The predicted molar refractivity (Wildman–Crippen MR) is 173 cm³/mol. The van der Waals surface area contributed by atoms with Crippen LogP contribution < -0.4 is 14.4 Å². The molecule has 2 bridgehead atoms. The molecule has 2 aromatic rings. The molecule has 0 unspecified atom stereocenters. The molecule has 2 heterocycles. The average molecular weight is 645 g/mol. The summed E-state index contributed by atoms with van der Waals surface area (Å²) in [7, 11) is -0.919. The van der Waals surface area contributed by atoms with Crippen LogP contribution in [0.3, 0.4) is 0 Å². The second-order valence-electron chi connectivity index (χ2n) is 12.6. The lowest BCUT2D eigenvalue weighted by Crippen LogP contribution is -2.44. The van der Waals surface area contributed by atoms with Crippen LogP contribution in [0.2, 0.25) is 5.02 Å². The van der Waals surface area contributed by atoms with E-state index < -0.39 is 21.8 Å². The summed E-state index contributed by atoms with van der Waals surface area (Å²) in [6.45, 7) is 5.58.